The molecule has 26 heavy (non-hydrogen) atoms. The zero-order valence-corrected chi connectivity index (χ0v) is 14.8. The monoisotopic (exact) mass is 407 g/mol. The van der Waals surface area contributed by atoms with Crippen LogP contribution in [0, 0.1) is 0 Å². The second-order valence-electron chi connectivity index (χ2n) is 4.91. The summed E-state index contributed by atoms with van der Waals surface area (Å²) in [5, 5.41) is 0. The molecule has 2 rings (SSSR count). The number of halogens is 4. The van der Waals surface area contributed by atoms with Crippen LogP contribution in [-0.4, -0.2) is 27.5 Å². The van der Waals surface area contributed by atoms with Crippen molar-refractivity contribution in [2.45, 2.75) is 17.2 Å². The standard InChI is InChI=1S/C16H13F4NO3S2/c17-13(18)3-1-7-24-15(22)10-5-6-12-11(9-10)21-16(25-12)26(23)8-2-4-14(19)20/h3-6,9H,1-2,7-8H2. The quantitative estimate of drug-likeness (QED) is 0.355. The molecule has 0 aliphatic rings. The predicted molar refractivity (Wildman–Crippen MR) is 91.0 cm³/mol. The van der Waals surface area contributed by atoms with Crippen LogP contribution in [0.1, 0.15) is 23.2 Å². The number of aromatic nitrogens is 1. The number of nitrogens with zero attached hydrogens (tertiary/aromatic N) is 1. The SMILES string of the molecule is O=C(OCCC=C(F)F)c1ccc2sc(S(=O)CCC=C(F)F)nc2c1. The molecule has 0 aliphatic carbocycles. The van der Waals surface area contributed by atoms with Crippen LogP contribution in [0.15, 0.2) is 46.9 Å². The van der Waals surface area contributed by atoms with E-state index in [4.69, 9.17) is 4.74 Å². The smallest absolute Gasteiger partial charge is 0.338 e. The largest absolute Gasteiger partial charge is 0.462 e. The third-order valence-corrected chi connectivity index (χ3v) is 5.78. The highest BCUT2D eigenvalue weighted by molar-refractivity contribution is 7.87. The Morgan fingerprint density at radius 3 is 2.54 bits per heavy atom. The van der Waals surface area contributed by atoms with Crippen LogP contribution in [0.25, 0.3) is 10.2 Å². The van der Waals surface area contributed by atoms with Gasteiger partial charge in [-0.3, -0.25) is 4.21 Å². The maximum Gasteiger partial charge on any atom is 0.338 e. The fourth-order valence-electron chi connectivity index (χ4n) is 1.90. The normalized spacial score (nSPS) is 11.8. The van der Waals surface area contributed by atoms with E-state index in [9.17, 15) is 26.6 Å². The van der Waals surface area contributed by atoms with E-state index in [0.29, 0.717) is 22.4 Å². The summed E-state index contributed by atoms with van der Waals surface area (Å²) in [7, 11) is -1.52. The van der Waals surface area contributed by atoms with Crippen LogP contribution in [-0.2, 0) is 15.5 Å². The third-order valence-electron chi connectivity index (χ3n) is 3.05. The highest BCUT2D eigenvalue weighted by atomic mass is 32.2. The first kappa shape index (κ1) is 20.2. The van der Waals surface area contributed by atoms with E-state index in [2.05, 4.69) is 4.98 Å². The number of fused-ring (bicyclic) bond motifs is 1. The summed E-state index contributed by atoms with van der Waals surface area (Å²) in [5.74, 6) is -0.663. The van der Waals surface area contributed by atoms with E-state index in [1.54, 1.807) is 6.07 Å². The molecule has 10 heteroatoms. The highest BCUT2D eigenvalue weighted by Gasteiger charge is 2.13. The zero-order valence-electron chi connectivity index (χ0n) is 13.2. The molecule has 1 aromatic heterocycles. The summed E-state index contributed by atoms with van der Waals surface area (Å²) in [6.45, 7) is -0.181. The van der Waals surface area contributed by atoms with Crippen molar-refractivity contribution in [3.8, 4) is 0 Å². The molecule has 0 saturated heterocycles. The summed E-state index contributed by atoms with van der Waals surface area (Å²) in [6, 6.07) is 4.54. The van der Waals surface area contributed by atoms with Gasteiger partial charge in [0.15, 0.2) is 4.34 Å². The van der Waals surface area contributed by atoms with Gasteiger partial charge in [0.25, 0.3) is 12.2 Å². The first-order valence-corrected chi connectivity index (χ1v) is 9.49. The fourth-order valence-corrected chi connectivity index (χ4v) is 4.17. The number of carbonyl (C=O) groups is 1. The van der Waals surface area contributed by atoms with Gasteiger partial charge in [0.2, 0.25) is 0 Å². The topological polar surface area (TPSA) is 56.3 Å². The first-order chi connectivity index (χ1) is 12.4. The summed E-state index contributed by atoms with van der Waals surface area (Å²) < 4.78 is 65.7. The Morgan fingerprint density at radius 1 is 1.15 bits per heavy atom. The fraction of sp³-hybridized carbons (Fsp3) is 0.250. The van der Waals surface area contributed by atoms with Crippen molar-refractivity contribution in [3.05, 3.63) is 48.1 Å². The molecule has 1 aromatic carbocycles. The molecule has 0 N–H and O–H groups in total. The van der Waals surface area contributed by atoms with Gasteiger partial charge in [-0.2, -0.15) is 17.6 Å². The number of benzene rings is 1. The van der Waals surface area contributed by atoms with Crippen LogP contribution in [0.3, 0.4) is 0 Å². The van der Waals surface area contributed by atoms with Crippen molar-refractivity contribution in [3.63, 3.8) is 0 Å². The molecule has 1 unspecified atom stereocenters. The van der Waals surface area contributed by atoms with Crippen LogP contribution in [0.4, 0.5) is 17.6 Å². The Balaban J connectivity index is 2.04. The number of esters is 1. The summed E-state index contributed by atoms with van der Waals surface area (Å²) in [5.41, 5.74) is 0.613. The van der Waals surface area contributed by atoms with E-state index in [1.807, 2.05) is 0 Å². The van der Waals surface area contributed by atoms with Gasteiger partial charge in [0.1, 0.15) is 0 Å². The Bertz CT molecular complexity index is 872. The van der Waals surface area contributed by atoms with Crippen molar-refractivity contribution in [1.29, 1.82) is 0 Å². The van der Waals surface area contributed by atoms with E-state index in [1.165, 1.54) is 12.1 Å². The van der Waals surface area contributed by atoms with Crippen molar-refractivity contribution < 1.29 is 31.3 Å². The van der Waals surface area contributed by atoms with Gasteiger partial charge < -0.3 is 4.74 Å². The minimum absolute atomic E-state index is 0.0186. The molecule has 0 aliphatic heterocycles. The number of ether oxygens (including phenoxy) is 1. The van der Waals surface area contributed by atoms with Crippen molar-refractivity contribution in [2.24, 2.45) is 0 Å². The van der Waals surface area contributed by atoms with E-state index in [-0.39, 0.29) is 35.1 Å². The number of rotatable bonds is 8. The maximum atomic E-state index is 12.1. The minimum Gasteiger partial charge on any atom is -0.462 e. The number of allylic oxidation sites excluding steroid dienone is 1. The second kappa shape index (κ2) is 9.58. The molecule has 0 bridgehead atoms. The van der Waals surface area contributed by atoms with Gasteiger partial charge in [-0.25, -0.2) is 9.78 Å². The Labute approximate surface area is 152 Å². The third kappa shape index (κ3) is 6.03. The molecule has 1 atom stereocenters. The van der Waals surface area contributed by atoms with Gasteiger partial charge in [-0.15, -0.1) is 11.3 Å². The number of thiazole rings is 1. The van der Waals surface area contributed by atoms with Gasteiger partial charge in [0.05, 0.1) is 33.2 Å². The van der Waals surface area contributed by atoms with Crippen molar-refractivity contribution in [2.75, 3.05) is 12.4 Å². The number of hydrogen-bond acceptors (Lipinski definition) is 5. The predicted octanol–water partition coefficient (Wildman–Crippen LogP) is 4.90. The lowest BCUT2D eigenvalue weighted by Gasteiger charge is -2.02. The minimum atomic E-state index is -1.84. The van der Waals surface area contributed by atoms with Gasteiger partial charge in [-0.1, -0.05) is 0 Å². The van der Waals surface area contributed by atoms with Crippen molar-refractivity contribution >= 4 is 38.3 Å². The van der Waals surface area contributed by atoms with Crippen LogP contribution in [0.2, 0.25) is 0 Å². The molecule has 0 amide bonds. The summed E-state index contributed by atoms with van der Waals surface area (Å²) in [4.78, 5) is 16.1. The van der Waals surface area contributed by atoms with E-state index >= 15 is 0 Å². The number of hydrogen-bond donors (Lipinski definition) is 0. The number of carbonyl (C=O) groups excluding carboxylic acids is 1. The lowest BCUT2D eigenvalue weighted by Crippen LogP contribution is -2.05. The average molecular weight is 407 g/mol. The second-order valence-corrected chi connectivity index (χ2v) is 7.69. The average Bonchev–Trinajstić information content (AvgIpc) is 3.01. The summed E-state index contributed by atoms with van der Waals surface area (Å²) >= 11 is 1.15. The molecule has 0 fully saturated rings. The molecule has 4 nitrogen and oxygen atoms in total. The Kier molecular flexibility index (Phi) is 7.46. The molecule has 0 radical (unpaired) electrons. The van der Waals surface area contributed by atoms with E-state index < -0.39 is 28.9 Å². The van der Waals surface area contributed by atoms with E-state index in [0.717, 1.165) is 11.3 Å². The van der Waals surface area contributed by atoms with Crippen LogP contribution < -0.4 is 0 Å². The Morgan fingerprint density at radius 2 is 1.85 bits per heavy atom. The van der Waals surface area contributed by atoms with Crippen LogP contribution in [0.5, 0.6) is 0 Å². The molecular formula is C16H13F4NO3S2. The molecule has 0 spiro atoms. The molecule has 2 aromatic rings. The zero-order chi connectivity index (χ0) is 19.1. The lowest BCUT2D eigenvalue weighted by molar-refractivity contribution is 0.0510. The van der Waals surface area contributed by atoms with Crippen molar-refractivity contribution in [1.82, 2.24) is 4.98 Å². The lowest BCUT2D eigenvalue weighted by atomic mass is 10.2. The summed E-state index contributed by atoms with van der Waals surface area (Å²) in [6.07, 6.45) is -2.43. The molecule has 0 saturated carbocycles. The molecular weight excluding hydrogens is 394 g/mol. The Hall–Kier alpha value is -2.07. The van der Waals surface area contributed by atoms with Gasteiger partial charge in [-0.05, 0) is 36.8 Å². The first-order valence-electron chi connectivity index (χ1n) is 7.35. The highest BCUT2D eigenvalue weighted by Crippen LogP contribution is 2.26. The van der Waals surface area contributed by atoms with Gasteiger partial charge >= 0.3 is 5.97 Å². The maximum absolute atomic E-state index is 12.1. The molecule has 140 valence electrons. The van der Waals surface area contributed by atoms with Gasteiger partial charge in [0, 0.05) is 12.2 Å². The molecule has 1 heterocycles. The van der Waals surface area contributed by atoms with Crippen LogP contribution >= 0.6 is 11.3 Å².